The molecule has 1 aromatic heterocycles. The first-order valence-electron chi connectivity index (χ1n) is 10.7. The van der Waals surface area contributed by atoms with E-state index in [1.807, 2.05) is 42.6 Å². The Morgan fingerprint density at radius 1 is 1.19 bits per heavy atom. The number of anilines is 1. The Morgan fingerprint density at radius 2 is 2.12 bits per heavy atom. The van der Waals surface area contributed by atoms with Crippen LogP contribution in [0.25, 0.3) is 11.1 Å². The molecule has 2 aromatic carbocycles. The van der Waals surface area contributed by atoms with E-state index in [4.69, 9.17) is 18.9 Å². The Bertz CT molecular complexity index is 1090. The number of amides is 1. The summed E-state index contributed by atoms with van der Waals surface area (Å²) in [6.45, 7) is 1.54. The van der Waals surface area contributed by atoms with Gasteiger partial charge in [0, 0.05) is 18.2 Å². The Balaban J connectivity index is 1.36. The van der Waals surface area contributed by atoms with Crippen LogP contribution in [0.4, 0.5) is 5.69 Å². The van der Waals surface area contributed by atoms with E-state index in [9.17, 15) is 4.79 Å². The summed E-state index contributed by atoms with van der Waals surface area (Å²) in [7, 11) is 1.62. The molecule has 1 amide bonds. The molecule has 1 fully saturated rings. The molecule has 0 unspecified atom stereocenters. The van der Waals surface area contributed by atoms with Crippen molar-refractivity contribution < 1.29 is 23.7 Å². The van der Waals surface area contributed by atoms with Crippen LogP contribution in [-0.2, 0) is 16.0 Å². The number of nitrogens with zero attached hydrogens (tertiary/aromatic N) is 1. The number of hydrogen-bond donors (Lipinski definition) is 2. The molecule has 0 spiro atoms. The molecular weight excluding hydrogens is 410 g/mol. The second-order valence-corrected chi connectivity index (χ2v) is 7.98. The zero-order chi connectivity index (χ0) is 21.9. The first-order chi connectivity index (χ1) is 15.7. The van der Waals surface area contributed by atoms with Gasteiger partial charge in [0.1, 0.15) is 30.0 Å². The highest BCUT2D eigenvalue weighted by molar-refractivity contribution is 5.95. The maximum absolute atomic E-state index is 13.1. The van der Waals surface area contributed by atoms with Crippen LogP contribution in [-0.4, -0.2) is 49.1 Å². The average molecular weight is 435 g/mol. The SMILES string of the molecule is COc1ccc2c(c1)C[C@H](C(=O)Nc1ccc(-c3cn[nH]c3)cc1O[C@H]1CCOC1)CO2. The summed E-state index contributed by atoms with van der Waals surface area (Å²) >= 11 is 0. The second-order valence-electron chi connectivity index (χ2n) is 7.98. The number of aromatic amines is 1. The summed E-state index contributed by atoms with van der Waals surface area (Å²) in [6.07, 6.45) is 4.93. The van der Waals surface area contributed by atoms with Crippen LogP contribution in [0.1, 0.15) is 12.0 Å². The fourth-order valence-corrected chi connectivity index (χ4v) is 4.00. The molecule has 0 aliphatic carbocycles. The van der Waals surface area contributed by atoms with Gasteiger partial charge in [-0.05, 0) is 47.9 Å². The summed E-state index contributed by atoms with van der Waals surface area (Å²) in [5.41, 5.74) is 3.49. The molecule has 0 bridgehead atoms. The van der Waals surface area contributed by atoms with E-state index in [1.165, 1.54) is 0 Å². The third kappa shape index (κ3) is 4.27. The van der Waals surface area contributed by atoms with Gasteiger partial charge in [-0.25, -0.2) is 0 Å². The lowest BCUT2D eigenvalue weighted by Crippen LogP contribution is -2.32. The van der Waals surface area contributed by atoms with E-state index < -0.39 is 0 Å². The monoisotopic (exact) mass is 435 g/mol. The third-order valence-corrected chi connectivity index (χ3v) is 5.80. The number of aromatic nitrogens is 2. The topological polar surface area (TPSA) is 94.7 Å². The molecule has 2 atom stereocenters. The molecule has 2 aliphatic heterocycles. The van der Waals surface area contributed by atoms with E-state index in [1.54, 1.807) is 13.3 Å². The Labute approximate surface area is 185 Å². The lowest BCUT2D eigenvalue weighted by molar-refractivity contribution is -0.121. The smallest absolute Gasteiger partial charge is 0.231 e. The number of methoxy groups -OCH3 is 1. The van der Waals surface area contributed by atoms with Gasteiger partial charge in [-0.15, -0.1) is 0 Å². The third-order valence-electron chi connectivity index (χ3n) is 5.80. The quantitative estimate of drug-likeness (QED) is 0.616. The van der Waals surface area contributed by atoms with Crippen molar-refractivity contribution in [1.82, 2.24) is 10.2 Å². The zero-order valence-corrected chi connectivity index (χ0v) is 17.8. The van der Waals surface area contributed by atoms with Crippen LogP contribution < -0.4 is 19.5 Å². The molecule has 3 heterocycles. The molecule has 32 heavy (non-hydrogen) atoms. The first-order valence-corrected chi connectivity index (χ1v) is 10.7. The number of carbonyl (C=O) groups is 1. The fourth-order valence-electron chi connectivity index (χ4n) is 4.00. The highest BCUT2D eigenvalue weighted by Crippen LogP contribution is 2.34. The van der Waals surface area contributed by atoms with Crippen LogP contribution in [0.5, 0.6) is 17.2 Å². The highest BCUT2D eigenvalue weighted by Gasteiger charge is 2.28. The van der Waals surface area contributed by atoms with Gasteiger partial charge in [-0.3, -0.25) is 9.89 Å². The van der Waals surface area contributed by atoms with Gasteiger partial charge in [0.2, 0.25) is 5.91 Å². The Morgan fingerprint density at radius 3 is 2.91 bits per heavy atom. The molecule has 166 valence electrons. The van der Waals surface area contributed by atoms with Crippen molar-refractivity contribution in [3.05, 3.63) is 54.4 Å². The van der Waals surface area contributed by atoms with E-state index in [0.29, 0.717) is 37.7 Å². The maximum Gasteiger partial charge on any atom is 0.231 e. The molecule has 5 rings (SSSR count). The number of ether oxygens (including phenoxy) is 4. The van der Waals surface area contributed by atoms with Crippen LogP contribution in [0.15, 0.2) is 48.8 Å². The molecule has 1 saturated heterocycles. The van der Waals surface area contributed by atoms with Gasteiger partial charge in [0.15, 0.2) is 0 Å². The normalized spacial score (nSPS) is 19.7. The molecule has 2 N–H and O–H groups in total. The largest absolute Gasteiger partial charge is 0.497 e. The van der Waals surface area contributed by atoms with Crippen LogP contribution in [0, 0.1) is 5.92 Å². The maximum atomic E-state index is 13.1. The predicted octanol–water partition coefficient (Wildman–Crippen LogP) is 3.44. The lowest BCUT2D eigenvalue weighted by Gasteiger charge is -2.25. The number of rotatable bonds is 6. The number of benzene rings is 2. The number of nitrogens with one attached hydrogen (secondary N) is 2. The number of fused-ring (bicyclic) bond motifs is 1. The second kappa shape index (κ2) is 8.92. The summed E-state index contributed by atoms with van der Waals surface area (Å²) in [5, 5.41) is 9.89. The summed E-state index contributed by atoms with van der Waals surface area (Å²) in [6, 6.07) is 11.4. The van der Waals surface area contributed by atoms with Crippen molar-refractivity contribution in [1.29, 1.82) is 0 Å². The molecule has 0 saturated carbocycles. The van der Waals surface area contributed by atoms with E-state index >= 15 is 0 Å². The molecule has 8 heteroatoms. The van der Waals surface area contributed by atoms with Gasteiger partial charge in [0.05, 0.1) is 38.1 Å². The summed E-state index contributed by atoms with van der Waals surface area (Å²) in [5.74, 6) is 1.74. The van der Waals surface area contributed by atoms with Gasteiger partial charge in [-0.2, -0.15) is 5.10 Å². The van der Waals surface area contributed by atoms with Crippen LogP contribution in [0.3, 0.4) is 0 Å². The predicted molar refractivity (Wildman–Crippen MR) is 118 cm³/mol. The Hall–Kier alpha value is -3.52. The van der Waals surface area contributed by atoms with Crippen molar-refractivity contribution in [3.63, 3.8) is 0 Å². The minimum absolute atomic E-state index is 0.0393. The standard InChI is InChI=1S/C24H25N3O5/c1-29-19-3-5-22-16(9-19)8-17(13-31-22)24(28)27-21-4-2-15(18-11-25-26-12-18)10-23(21)32-20-6-7-30-14-20/h2-5,9-12,17,20H,6-8,13-14H2,1H3,(H,25,26)(H,27,28)/t17-,20-/m0/s1. The van der Waals surface area contributed by atoms with Crippen molar-refractivity contribution in [2.45, 2.75) is 18.9 Å². The number of H-pyrrole nitrogens is 1. The van der Waals surface area contributed by atoms with Crippen molar-refractivity contribution >= 4 is 11.6 Å². The molecule has 3 aromatic rings. The number of carbonyl (C=O) groups excluding carboxylic acids is 1. The first kappa shape index (κ1) is 20.4. The van der Waals surface area contributed by atoms with Crippen molar-refractivity contribution in [2.75, 3.05) is 32.2 Å². The lowest BCUT2D eigenvalue weighted by atomic mass is 9.95. The molecule has 8 nitrogen and oxygen atoms in total. The minimum atomic E-state index is -0.314. The van der Waals surface area contributed by atoms with Crippen molar-refractivity contribution in [2.24, 2.45) is 5.92 Å². The van der Waals surface area contributed by atoms with E-state index in [0.717, 1.165) is 34.6 Å². The van der Waals surface area contributed by atoms with E-state index in [2.05, 4.69) is 15.5 Å². The highest BCUT2D eigenvalue weighted by atomic mass is 16.5. The summed E-state index contributed by atoms with van der Waals surface area (Å²) in [4.78, 5) is 13.1. The van der Waals surface area contributed by atoms with Crippen molar-refractivity contribution in [3.8, 4) is 28.4 Å². The number of hydrogen-bond acceptors (Lipinski definition) is 6. The van der Waals surface area contributed by atoms with Gasteiger partial charge in [0.25, 0.3) is 0 Å². The van der Waals surface area contributed by atoms with Crippen LogP contribution in [0.2, 0.25) is 0 Å². The van der Waals surface area contributed by atoms with Gasteiger partial charge >= 0.3 is 0 Å². The van der Waals surface area contributed by atoms with Crippen LogP contribution >= 0.6 is 0 Å². The zero-order valence-electron chi connectivity index (χ0n) is 17.8. The van der Waals surface area contributed by atoms with Gasteiger partial charge < -0.3 is 24.3 Å². The summed E-state index contributed by atoms with van der Waals surface area (Å²) < 4.78 is 22.8. The molecule has 0 radical (unpaired) electrons. The fraction of sp³-hybridized carbons (Fsp3) is 0.333. The minimum Gasteiger partial charge on any atom is -0.497 e. The molecule has 2 aliphatic rings. The Kier molecular flexibility index (Phi) is 5.68. The van der Waals surface area contributed by atoms with Gasteiger partial charge in [-0.1, -0.05) is 6.07 Å². The molecular formula is C24H25N3O5. The van der Waals surface area contributed by atoms with E-state index in [-0.39, 0.29) is 17.9 Å². The average Bonchev–Trinajstić information content (AvgIpc) is 3.54.